The maximum absolute atomic E-state index is 10.4. The Labute approximate surface area is 98.6 Å². The Morgan fingerprint density at radius 3 is 2.81 bits per heavy atom. The van der Waals surface area contributed by atoms with Gasteiger partial charge in [0.05, 0.1) is 5.75 Å². The normalized spacial score (nSPS) is 11.9. The lowest BCUT2D eigenvalue weighted by Crippen LogP contribution is -2.04. The Hall–Kier alpha value is -0.600. The molecule has 1 heterocycles. The lowest BCUT2D eigenvalue weighted by atomic mass is 10.3. The van der Waals surface area contributed by atoms with Crippen LogP contribution in [0.5, 0.6) is 0 Å². The summed E-state index contributed by atoms with van der Waals surface area (Å²) in [6, 6.07) is 0. The van der Waals surface area contributed by atoms with Crippen LogP contribution < -0.4 is 0 Å². The van der Waals surface area contributed by atoms with E-state index in [1.807, 2.05) is 6.92 Å². The van der Waals surface area contributed by atoms with Crippen molar-refractivity contribution >= 4 is 21.9 Å². The Morgan fingerprint density at radius 1 is 1.44 bits per heavy atom. The third kappa shape index (κ3) is 5.47. The van der Waals surface area contributed by atoms with Gasteiger partial charge in [-0.25, -0.2) is 0 Å². The standard InChI is InChI=1S/C8H14N2O4S2/c1-2-4-7-9-10-8(14-7)15-5-3-6-16(11,12)13/h2-6H2,1H3,(H,11,12,13). The smallest absolute Gasteiger partial charge is 0.276 e. The zero-order valence-electron chi connectivity index (χ0n) is 8.92. The first-order valence-corrected chi connectivity index (χ1v) is 7.51. The minimum Gasteiger partial charge on any atom is -0.416 e. The second-order valence-corrected chi connectivity index (χ2v) is 5.82. The molecular weight excluding hydrogens is 252 g/mol. The fourth-order valence-electron chi connectivity index (χ4n) is 1.01. The van der Waals surface area contributed by atoms with Gasteiger partial charge in [0.2, 0.25) is 5.89 Å². The Kier molecular flexibility index (Phi) is 5.23. The van der Waals surface area contributed by atoms with Crippen molar-refractivity contribution in [2.45, 2.75) is 31.4 Å². The van der Waals surface area contributed by atoms with Gasteiger partial charge in [0.15, 0.2) is 0 Å². The van der Waals surface area contributed by atoms with Gasteiger partial charge in [0, 0.05) is 12.2 Å². The SMILES string of the molecule is CCCc1nnc(SCCCS(=O)(=O)O)o1. The van der Waals surface area contributed by atoms with Crippen LogP contribution >= 0.6 is 11.8 Å². The minimum absolute atomic E-state index is 0.240. The molecule has 0 aliphatic heterocycles. The molecular formula is C8H14N2O4S2. The molecule has 0 fully saturated rings. The van der Waals surface area contributed by atoms with Gasteiger partial charge < -0.3 is 4.42 Å². The number of rotatable bonds is 7. The largest absolute Gasteiger partial charge is 0.416 e. The first kappa shape index (κ1) is 13.5. The molecule has 0 aromatic carbocycles. The molecule has 1 rings (SSSR count). The molecule has 0 aliphatic carbocycles. The van der Waals surface area contributed by atoms with Crippen molar-refractivity contribution in [2.24, 2.45) is 0 Å². The fraction of sp³-hybridized carbons (Fsp3) is 0.750. The van der Waals surface area contributed by atoms with E-state index in [0.717, 1.165) is 12.8 Å². The molecule has 0 atom stereocenters. The van der Waals surface area contributed by atoms with Crippen molar-refractivity contribution in [1.82, 2.24) is 10.2 Å². The van der Waals surface area contributed by atoms with Crippen LogP contribution in [0.25, 0.3) is 0 Å². The zero-order valence-corrected chi connectivity index (χ0v) is 10.6. The number of thioether (sulfide) groups is 1. The van der Waals surface area contributed by atoms with Crippen LogP contribution in [0.1, 0.15) is 25.7 Å². The van der Waals surface area contributed by atoms with Gasteiger partial charge in [0.1, 0.15) is 0 Å². The van der Waals surface area contributed by atoms with Crippen molar-refractivity contribution in [1.29, 1.82) is 0 Å². The Morgan fingerprint density at radius 2 is 2.19 bits per heavy atom. The van der Waals surface area contributed by atoms with Crippen LogP contribution in [-0.2, 0) is 16.5 Å². The van der Waals surface area contributed by atoms with E-state index in [-0.39, 0.29) is 5.75 Å². The van der Waals surface area contributed by atoms with E-state index in [2.05, 4.69) is 10.2 Å². The molecule has 1 N–H and O–H groups in total. The highest BCUT2D eigenvalue weighted by atomic mass is 32.2. The summed E-state index contributed by atoms with van der Waals surface area (Å²) in [5.74, 6) is 0.878. The number of nitrogens with zero attached hydrogens (tertiary/aromatic N) is 2. The summed E-state index contributed by atoms with van der Waals surface area (Å²) in [5.41, 5.74) is 0. The molecule has 0 bridgehead atoms. The second-order valence-electron chi connectivity index (χ2n) is 3.20. The van der Waals surface area contributed by atoms with Crippen molar-refractivity contribution in [2.75, 3.05) is 11.5 Å². The van der Waals surface area contributed by atoms with Crippen molar-refractivity contribution < 1.29 is 17.4 Å². The summed E-state index contributed by atoms with van der Waals surface area (Å²) >= 11 is 1.29. The molecule has 0 unspecified atom stereocenters. The molecule has 92 valence electrons. The number of aryl methyl sites for hydroxylation is 1. The van der Waals surface area contributed by atoms with Crippen molar-refractivity contribution in [3.63, 3.8) is 0 Å². The number of aromatic nitrogens is 2. The number of hydrogen-bond acceptors (Lipinski definition) is 6. The van der Waals surface area contributed by atoms with Gasteiger partial charge in [-0.05, 0) is 12.8 Å². The summed E-state index contributed by atoms with van der Waals surface area (Å²) in [6.45, 7) is 2.02. The van der Waals surface area contributed by atoms with E-state index in [1.54, 1.807) is 0 Å². The highest BCUT2D eigenvalue weighted by Crippen LogP contribution is 2.17. The molecule has 1 aromatic heterocycles. The van der Waals surface area contributed by atoms with Crippen molar-refractivity contribution in [3.05, 3.63) is 5.89 Å². The van der Waals surface area contributed by atoms with E-state index in [4.69, 9.17) is 8.97 Å². The molecule has 0 amide bonds. The predicted molar refractivity (Wildman–Crippen MR) is 60.0 cm³/mol. The van der Waals surface area contributed by atoms with Gasteiger partial charge >= 0.3 is 0 Å². The van der Waals surface area contributed by atoms with E-state index >= 15 is 0 Å². The molecule has 16 heavy (non-hydrogen) atoms. The minimum atomic E-state index is -3.86. The molecule has 1 aromatic rings. The predicted octanol–water partition coefficient (Wildman–Crippen LogP) is 1.39. The average molecular weight is 266 g/mol. The monoisotopic (exact) mass is 266 g/mol. The van der Waals surface area contributed by atoms with Gasteiger partial charge in [-0.1, -0.05) is 18.7 Å². The molecule has 6 nitrogen and oxygen atoms in total. The summed E-state index contributed by atoms with van der Waals surface area (Å²) in [6.07, 6.45) is 2.04. The second kappa shape index (κ2) is 6.21. The molecule has 8 heteroatoms. The highest BCUT2D eigenvalue weighted by molar-refractivity contribution is 7.99. The zero-order chi connectivity index (χ0) is 12.0. The van der Waals surface area contributed by atoms with Gasteiger partial charge in [0.25, 0.3) is 15.3 Å². The third-order valence-electron chi connectivity index (χ3n) is 1.68. The van der Waals surface area contributed by atoms with Crippen LogP contribution in [0, 0.1) is 0 Å². The van der Waals surface area contributed by atoms with Crippen LogP contribution in [-0.4, -0.2) is 34.7 Å². The van der Waals surface area contributed by atoms with E-state index in [9.17, 15) is 8.42 Å². The lowest BCUT2D eigenvalue weighted by Gasteiger charge is -1.95. The summed E-state index contributed by atoms with van der Waals surface area (Å²) < 4.78 is 34.6. The molecule has 0 aliphatic rings. The Bertz CT molecular complexity index is 415. The maximum Gasteiger partial charge on any atom is 0.276 e. The highest BCUT2D eigenvalue weighted by Gasteiger charge is 2.07. The molecule has 0 spiro atoms. The van der Waals surface area contributed by atoms with Gasteiger partial charge in [-0.3, -0.25) is 4.55 Å². The van der Waals surface area contributed by atoms with Crippen LogP contribution in [0.4, 0.5) is 0 Å². The van der Waals surface area contributed by atoms with Gasteiger partial charge in [-0.2, -0.15) is 8.42 Å². The van der Waals surface area contributed by atoms with E-state index in [1.165, 1.54) is 11.8 Å². The first-order valence-electron chi connectivity index (χ1n) is 4.91. The number of hydrogen-bond donors (Lipinski definition) is 1. The van der Waals surface area contributed by atoms with Gasteiger partial charge in [-0.15, -0.1) is 10.2 Å². The maximum atomic E-state index is 10.4. The van der Waals surface area contributed by atoms with Crippen LogP contribution in [0.3, 0.4) is 0 Å². The first-order chi connectivity index (χ1) is 7.51. The lowest BCUT2D eigenvalue weighted by molar-refractivity contribution is 0.411. The average Bonchev–Trinajstić information content (AvgIpc) is 2.60. The van der Waals surface area contributed by atoms with E-state index in [0.29, 0.717) is 23.3 Å². The topological polar surface area (TPSA) is 93.3 Å². The third-order valence-corrected chi connectivity index (χ3v) is 3.39. The van der Waals surface area contributed by atoms with E-state index < -0.39 is 10.1 Å². The fourth-order valence-corrected chi connectivity index (χ4v) is 2.42. The molecule has 0 saturated carbocycles. The summed E-state index contributed by atoms with van der Waals surface area (Å²) in [7, 11) is -3.86. The van der Waals surface area contributed by atoms with Crippen LogP contribution in [0.15, 0.2) is 9.64 Å². The molecule has 0 radical (unpaired) electrons. The summed E-state index contributed by atoms with van der Waals surface area (Å²) in [4.78, 5) is 0. The quantitative estimate of drug-likeness (QED) is 0.453. The van der Waals surface area contributed by atoms with Crippen molar-refractivity contribution in [3.8, 4) is 0 Å². The molecule has 0 saturated heterocycles. The Balaban J connectivity index is 2.26. The van der Waals surface area contributed by atoms with Crippen LogP contribution in [0.2, 0.25) is 0 Å². The summed E-state index contributed by atoms with van der Waals surface area (Å²) in [5, 5.41) is 8.07.